The van der Waals surface area contributed by atoms with E-state index < -0.39 is 0 Å². The van der Waals surface area contributed by atoms with Gasteiger partial charge in [0.1, 0.15) is 11.6 Å². The molecule has 0 spiro atoms. The quantitative estimate of drug-likeness (QED) is 0.919. The van der Waals surface area contributed by atoms with Crippen LogP contribution in [0, 0.1) is 12.7 Å². The fourth-order valence-corrected chi connectivity index (χ4v) is 2.45. The van der Waals surface area contributed by atoms with E-state index >= 15 is 0 Å². The van der Waals surface area contributed by atoms with Crippen molar-refractivity contribution in [3.05, 3.63) is 59.0 Å². The van der Waals surface area contributed by atoms with Crippen molar-refractivity contribution in [2.24, 2.45) is 5.73 Å². The average molecular weight is 287 g/mol. The van der Waals surface area contributed by atoms with E-state index in [9.17, 15) is 4.39 Å². The Morgan fingerprint density at radius 2 is 1.90 bits per heavy atom. The van der Waals surface area contributed by atoms with Crippen molar-refractivity contribution in [1.29, 1.82) is 0 Å². The number of aryl methyl sites for hydroxylation is 1. The Morgan fingerprint density at radius 3 is 2.48 bits per heavy atom. The number of rotatable bonds is 5. The largest absolute Gasteiger partial charge is 0.355 e. The molecule has 0 bridgehead atoms. The van der Waals surface area contributed by atoms with Crippen LogP contribution in [0.5, 0.6) is 0 Å². The number of aromatic nitrogens is 1. The molecule has 0 saturated heterocycles. The van der Waals surface area contributed by atoms with E-state index in [1.54, 1.807) is 12.1 Å². The van der Waals surface area contributed by atoms with Gasteiger partial charge in [-0.05, 0) is 49.1 Å². The Kier molecular flexibility index (Phi) is 4.91. The number of anilines is 1. The third-order valence-electron chi connectivity index (χ3n) is 3.36. The van der Waals surface area contributed by atoms with Crippen LogP contribution in [0.1, 0.15) is 23.6 Å². The van der Waals surface area contributed by atoms with Gasteiger partial charge in [0.15, 0.2) is 0 Å². The predicted octanol–water partition coefficient (Wildman–Crippen LogP) is 3.06. The second-order valence-electron chi connectivity index (χ2n) is 5.65. The van der Waals surface area contributed by atoms with Crippen molar-refractivity contribution in [2.75, 3.05) is 11.9 Å². The molecule has 3 nitrogen and oxygen atoms in total. The smallest absolute Gasteiger partial charge is 0.131 e. The SMILES string of the molecule is Cc1cc(CC(C)N)cnc1N(C)Cc1ccc(F)cc1. The highest BCUT2D eigenvalue weighted by Crippen LogP contribution is 2.19. The standard InChI is InChI=1S/C17H22FN3/c1-12-8-15(9-13(2)19)10-20-17(12)21(3)11-14-4-6-16(18)7-5-14/h4-8,10,13H,9,11,19H2,1-3H3. The summed E-state index contributed by atoms with van der Waals surface area (Å²) in [7, 11) is 1.99. The van der Waals surface area contributed by atoms with Gasteiger partial charge in [-0.25, -0.2) is 9.37 Å². The topological polar surface area (TPSA) is 42.1 Å². The second kappa shape index (κ2) is 6.68. The van der Waals surface area contributed by atoms with Crippen molar-refractivity contribution in [3.8, 4) is 0 Å². The van der Waals surface area contributed by atoms with E-state index in [-0.39, 0.29) is 11.9 Å². The minimum absolute atomic E-state index is 0.133. The number of hydrogen-bond donors (Lipinski definition) is 1. The van der Waals surface area contributed by atoms with Crippen LogP contribution in [-0.2, 0) is 13.0 Å². The molecule has 1 unspecified atom stereocenters. The van der Waals surface area contributed by atoms with Crippen LogP contribution in [0.3, 0.4) is 0 Å². The molecule has 21 heavy (non-hydrogen) atoms. The van der Waals surface area contributed by atoms with E-state index in [4.69, 9.17) is 5.73 Å². The van der Waals surface area contributed by atoms with E-state index in [1.807, 2.05) is 27.1 Å². The predicted molar refractivity (Wildman–Crippen MR) is 84.8 cm³/mol. The second-order valence-corrected chi connectivity index (χ2v) is 5.65. The summed E-state index contributed by atoms with van der Waals surface area (Å²) in [5.74, 6) is 0.726. The van der Waals surface area contributed by atoms with Gasteiger partial charge in [-0.3, -0.25) is 0 Å². The molecule has 1 aromatic heterocycles. The van der Waals surface area contributed by atoms with Gasteiger partial charge in [-0.2, -0.15) is 0 Å². The summed E-state index contributed by atoms with van der Waals surface area (Å²) < 4.78 is 12.9. The monoisotopic (exact) mass is 287 g/mol. The first-order chi connectivity index (χ1) is 9.95. The first-order valence-corrected chi connectivity index (χ1v) is 7.12. The molecule has 1 atom stereocenters. The first kappa shape index (κ1) is 15.4. The van der Waals surface area contributed by atoms with Crippen LogP contribution >= 0.6 is 0 Å². The maximum Gasteiger partial charge on any atom is 0.131 e. The first-order valence-electron chi connectivity index (χ1n) is 7.12. The van der Waals surface area contributed by atoms with Gasteiger partial charge in [0.2, 0.25) is 0 Å². The van der Waals surface area contributed by atoms with Crippen molar-refractivity contribution >= 4 is 5.82 Å². The molecule has 2 aromatic rings. The zero-order valence-electron chi connectivity index (χ0n) is 12.8. The molecule has 4 heteroatoms. The van der Waals surface area contributed by atoms with Crippen LogP contribution in [0.25, 0.3) is 0 Å². The lowest BCUT2D eigenvalue weighted by Gasteiger charge is -2.21. The van der Waals surface area contributed by atoms with Crippen molar-refractivity contribution in [3.63, 3.8) is 0 Å². The Balaban J connectivity index is 2.11. The maximum atomic E-state index is 12.9. The number of halogens is 1. The van der Waals surface area contributed by atoms with Crippen molar-refractivity contribution in [2.45, 2.75) is 32.9 Å². The third-order valence-corrected chi connectivity index (χ3v) is 3.36. The summed E-state index contributed by atoms with van der Waals surface area (Å²) in [4.78, 5) is 6.61. The molecule has 0 aliphatic carbocycles. The van der Waals surface area contributed by atoms with Gasteiger partial charge in [0.25, 0.3) is 0 Å². The molecule has 0 aliphatic rings. The van der Waals surface area contributed by atoms with E-state index in [0.717, 1.165) is 28.9 Å². The highest BCUT2D eigenvalue weighted by molar-refractivity contribution is 5.47. The van der Waals surface area contributed by atoms with E-state index in [1.165, 1.54) is 12.1 Å². The summed E-state index contributed by atoms with van der Waals surface area (Å²) in [6.45, 7) is 4.73. The fraction of sp³-hybridized carbons (Fsp3) is 0.353. The third kappa shape index (κ3) is 4.26. The lowest BCUT2D eigenvalue weighted by molar-refractivity contribution is 0.627. The number of nitrogens with zero attached hydrogens (tertiary/aromatic N) is 2. The molecular formula is C17H22FN3. The van der Waals surface area contributed by atoms with Crippen LogP contribution in [0.2, 0.25) is 0 Å². The minimum atomic E-state index is -0.212. The molecular weight excluding hydrogens is 265 g/mol. The number of nitrogens with two attached hydrogens (primary N) is 1. The van der Waals surface area contributed by atoms with Gasteiger partial charge in [0.05, 0.1) is 0 Å². The number of pyridine rings is 1. The van der Waals surface area contributed by atoms with Gasteiger partial charge in [-0.15, -0.1) is 0 Å². The minimum Gasteiger partial charge on any atom is -0.355 e. The van der Waals surface area contributed by atoms with Crippen molar-refractivity contribution < 1.29 is 4.39 Å². The highest BCUT2D eigenvalue weighted by atomic mass is 19.1. The molecule has 0 fully saturated rings. The lowest BCUT2D eigenvalue weighted by Crippen LogP contribution is -2.20. The summed E-state index contributed by atoms with van der Waals surface area (Å²) in [5.41, 5.74) is 9.15. The Hall–Kier alpha value is -1.94. The molecule has 0 radical (unpaired) electrons. The molecule has 0 aliphatic heterocycles. The Labute approximate surface area is 125 Å². The summed E-state index contributed by atoms with van der Waals surface area (Å²) in [6, 6.07) is 8.82. The molecule has 0 saturated carbocycles. The van der Waals surface area contributed by atoms with Crippen LogP contribution in [0.4, 0.5) is 10.2 Å². The Morgan fingerprint density at radius 1 is 1.24 bits per heavy atom. The van der Waals surface area contributed by atoms with Crippen LogP contribution in [0.15, 0.2) is 36.5 Å². The molecule has 2 N–H and O–H groups in total. The van der Waals surface area contributed by atoms with E-state index in [2.05, 4.69) is 16.0 Å². The molecule has 0 amide bonds. The molecule has 1 aromatic carbocycles. The normalized spacial score (nSPS) is 12.2. The summed E-state index contributed by atoms with van der Waals surface area (Å²) >= 11 is 0. The zero-order valence-corrected chi connectivity index (χ0v) is 12.8. The summed E-state index contributed by atoms with van der Waals surface area (Å²) in [5, 5.41) is 0. The van der Waals surface area contributed by atoms with Crippen molar-refractivity contribution in [1.82, 2.24) is 4.98 Å². The fourth-order valence-electron chi connectivity index (χ4n) is 2.45. The summed E-state index contributed by atoms with van der Waals surface area (Å²) in [6.07, 6.45) is 2.71. The highest BCUT2D eigenvalue weighted by Gasteiger charge is 2.09. The Bertz CT molecular complexity index is 593. The average Bonchev–Trinajstić information content (AvgIpc) is 2.40. The van der Waals surface area contributed by atoms with Crippen LogP contribution < -0.4 is 10.6 Å². The van der Waals surface area contributed by atoms with Gasteiger partial charge in [-0.1, -0.05) is 18.2 Å². The van der Waals surface area contributed by atoms with E-state index in [0.29, 0.717) is 6.54 Å². The number of hydrogen-bond acceptors (Lipinski definition) is 3. The van der Waals surface area contributed by atoms with Crippen LogP contribution in [-0.4, -0.2) is 18.1 Å². The van der Waals surface area contributed by atoms with Gasteiger partial charge >= 0.3 is 0 Å². The molecule has 112 valence electrons. The zero-order chi connectivity index (χ0) is 15.4. The van der Waals surface area contributed by atoms with Gasteiger partial charge in [0, 0.05) is 25.8 Å². The lowest BCUT2D eigenvalue weighted by atomic mass is 10.1. The molecule has 1 heterocycles. The van der Waals surface area contributed by atoms with Gasteiger partial charge < -0.3 is 10.6 Å². The molecule has 2 rings (SSSR count). The maximum absolute atomic E-state index is 12.9. The number of benzene rings is 1.